The third-order valence-corrected chi connectivity index (χ3v) is 11.8. The second-order valence-corrected chi connectivity index (χ2v) is 14.8. The number of ether oxygens (including phenoxy) is 7. The summed E-state index contributed by atoms with van der Waals surface area (Å²) in [5.41, 5.74) is -2.18. The van der Waals surface area contributed by atoms with Crippen LogP contribution in [0.3, 0.4) is 0 Å². The van der Waals surface area contributed by atoms with Gasteiger partial charge in [0.2, 0.25) is 12.6 Å². The lowest BCUT2D eigenvalue weighted by Crippen LogP contribution is -2.61. The van der Waals surface area contributed by atoms with Crippen LogP contribution in [0, 0.1) is 34.0 Å². The van der Waals surface area contributed by atoms with E-state index in [1.54, 1.807) is 19.1 Å². The third kappa shape index (κ3) is 4.04. The molecule has 5 aliphatic rings. The second-order valence-electron chi connectivity index (χ2n) is 14.8. The Hall–Kier alpha value is -3.80. The van der Waals surface area contributed by atoms with Gasteiger partial charge < -0.3 is 33.2 Å². The van der Waals surface area contributed by atoms with Gasteiger partial charge in [-0.2, -0.15) is 0 Å². The molecule has 2 spiro atoms. The number of carbonyl (C=O) groups is 4. The van der Waals surface area contributed by atoms with Crippen LogP contribution in [0.5, 0.6) is 0 Å². The molecule has 48 heavy (non-hydrogen) atoms. The molecule has 3 saturated heterocycles. The molecule has 0 bridgehead atoms. The summed E-state index contributed by atoms with van der Waals surface area (Å²) in [5, 5.41) is 0. The Morgan fingerprint density at radius 3 is 2.23 bits per heavy atom. The van der Waals surface area contributed by atoms with Crippen molar-refractivity contribution in [2.45, 2.75) is 84.0 Å². The number of benzene rings is 2. The van der Waals surface area contributed by atoms with Crippen LogP contribution in [0.2, 0.25) is 0 Å². The van der Waals surface area contributed by atoms with Crippen molar-refractivity contribution >= 4 is 23.9 Å². The Balaban J connectivity index is 1.37. The van der Waals surface area contributed by atoms with E-state index < -0.39 is 94.4 Å². The van der Waals surface area contributed by atoms with Gasteiger partial charge in [0.15, 0.2) is 6.10 Å². The molecule has 3 aliphatic heterocycles. The highest BCUT2D eigenvalue weighted by Crippen LogP contribution is 2.84. The standard InChI is InChI=1S/C37H42O11/c1-19(29(39)43-7)24-17-18-35-27-25(44-20(2)38)26(34(3,4)5)36(35)28(42-6)31(41)47-32(36)48-37(24,35)33(45-27)46-30(40)23-15-13-22(14-16-23)21-11-9-8-10-12-21/h8-16,19,24-28,32-33H,17-18H2,1-7H3/t19?,24-,25-,26+,27?,28+,32?,33+,35?,36?,37?/m1/s1. The van der Waals surface area contributed by atoms with Crippen molar-refractivity contribution in [1.29, 1.82) is 0 Å². The lowest BCUT2D eigenvalue weighted by Gasteiger charge is -2.48. The summed E-state index contributed by atoms with van der Waals surface area (Å²) in [7, 11) is 2.77. The summed E-state index contributed by atoms with van der Waals surface area (Å²) < 4.78 is 43.4. The van der Waals surface area contributed by atoms with E-state index in [4.69, 9.17) is 33.2 Å². The average Bonchev–Trinajstić information content (AvgIpc) is 3.75. The van der Waals surface area contributed by atoms with Gasteiger partial charge in [0, 0.05) is 25.9 Å². The van der Waals surface area contributed by atoms with Crippen LogP contribution in [0.1, 0.15) is 57.8 Å². The Labute approximate surface area is 279 Å². The summed E-state index contributed by atoms with van der Waals surface area (Å²) in [4.78, 5) is 53.5. The number of carbonyl (C=O) groups excluding carboxylic acids is 4. The first-order valence-corrected chi connectivity index (χ1v) is 16.5. The van der Waals surface area contributed by atoms with E-state index in [1.165, 1.54) is 21.1 Å². The minimum atomic E-state index is -1.48. The largest absolute Gasteiger partial charge is 0.469 e. The van der Waals surface area contributed by atoms with Crippen molar-refractivity contribution in [3.8, 4) is 11.1 Å². The lowest BCUT2D eigenvalue weighted by atomic mass is 9.51. The molecule has 11 nitrogen and oxygen atoms in total. The molecule has 0 N–H and O–H groups in total. The maximum atomic E-state index is 13.9. The smallest absolute Gasteiger partial charge is 0.340 e. The van der Waals surface area contributed by atoms with Crippen LogP contribution >= 0.6 is 0 Å². The SMILES string of the molecule is COC(=O)C(C)[C@H]1CCC23C4O[C@@H](OC(=O)c5ccc(-c6ccccc6)cc5)C12OC1OC(=O)[C@H](OC)C13[C@H](C(C)(C)C)[C@H]4OC(C)=O. The van der Waals surface area contributed by atoms with Gasteiger partial charge in [0.1, 0.15) is 17.8 Å². The molecule has 0 amide bonds. The highest BCUT2D eigenvalue weighted by molar-refractivity contribution is 5.90. The number of esters is 4. The maximum absolute atomic E-state index is 13.9. The fourth-order valence-electron chi connectivity index (χ4n) is 10.5. The summed E-state index contributed by atoms with van der Waals surface area (Å²) in [5.74, 6) is -4.08. The number of hydrogen-bond donors (Lipinski definition) is 0. The van der Waals surface area contributed by atoms with Crippen molar-refractivity contribution in [2.75, 3.05) is 14.2 Å². The van der Waals surface area contributed by atoms with Crippen molar-refractivity contribution in [3.05, 3.63) is 60.2 Å². The number of methoxy groups -OCH3 is 2. The third-order valence-electron chi connectivity index (χ3n) is 11.8. The van der Waals surface area contributed by atoms with Crippen molar-refractivity contribution in [1.82, 2.24) is 0 Å². The molecule has 0 radical (unpaired) electrons. The molecule has 5 fully saturated rings. The highest BCUT2D eigenvalue weighted by Gasteiger charge is 2.97. The Morgan fingerprint density at radius 1 is 0.958 bits per heavy atom. The predicted octanol–water partition coefficient (Wildman–Crippen LogP) is 4.70. The van der Waals surface area contributed by atoms with Crippen LogP contribution in [-0.2, 0) is 47.5 Å². The van der Waals surface area contributed by atoms with Gasteiger partial charge in [0.05, 0.1) is 29.4 Å². The zero-order valence-corrected chi connectivity index (χ0v) is 28.2. The molecule has 11 atom stereocenters. The van der Waals surface area contributed by atoms with Crippen LogP contribution in [0.15, 0.2) is 54.6 Å². The minimum Gasteiger partial charge on any atom is -0.469 e. The van der Waals surface area contributed by atoms with Gasteiger partial charge in [-0.25, -0.2) is 9.59 Å². The molecule has 2 aliphatic carbocycles. The molecule has 2 saturated carbocycles. The summed E-state index contributed by atoms with van der Waals surface area (Å²) in [6, 6.07) is 16.8. The van der Waals surface area contributed by atoms with Crippen molar-refractivity contribution in [3.63, 3.8) is 0 Å². The average molecular weight is 663 g/mol. The van der Waals surface area contributed by atoms with E-state index >= 15 is 0 Å². The molecule has 0 aromatic heterocycles. The molecule has 6 unspecified atom stereocenters. The van der Waals surface area contributed by atoms with E-state index in [0.717, 1.165) is 11.1 Å². The van der Waals surface area contributed by atoms with Gasteiger partial charge in [-0.05, 0) is 41.5 Å². The van der Waals surface area contributed by atoms with Crippen LogP contribution < -0.4 is 0 Å². The lowest BCUT2D eigenvalue weighted by molar-refractivity contribution is -0.253. The second kappa shape index (κ2) is 11.1. The zero-order chi connectivity index (χ0) is 34.4. The van der Waals surface area contributed by atoms with E-state index in [9.17, 15) is 19.2 Å². The first-order valence-electron chi connectivity index (χ1n) is 16.5. The molecule has 11 heteroatoms. The fraction of sp³-hybridized carbons (Fsp3) is 0.568. The van der Waals surface area contributed by atoms with Gasteiger partial charge in [-0.15, -0.1) is 0 Å². The van der Waals surface area contributed by atoms with E-state index in [-0.39, 0.29) is 5.56 Å². The van der Waals surface area contributed by atoms with Crippen molar-refractivity contribution in [2.24, 2.45) is 34.0 Å². The highest BCUT2D eigenvalue weighted by atomic mass is 16.8. The van der Waals surface area contributed by atoms with Crippen molar-refractivity contribution < 1.29 is 52.3 Å². The van der Waals surface area contributed by atoms with Gasteiger partial charge in [-0.3, -0.25) is 9.59 Å². The summed E-state index contributed by atoms with van der Waals surface area (Å²) in [6.07, 6.45) is -4.49. The molecule has 2 aromatic rings. The molecular formula is C37H42O11. The van der Waals surface area contributed by atoms with Gasteiger partial charge >= 0.3 is 23.9 Å². The summed E-state index contributed by atoms with van der Waals surface area (Å²) >= 11 is 0. The monoisotopic (exact) mass is 662 g/mol. The van der Waals surface area contributed by atoms with Crippen LogP contribution in [0.4, 0.5) is 0 Å². The van der Waals surface area contributed by atoms with E-state index in [2.05, 4.69) is 0 Å². The zero-order valence-electron chi connectivity index (χ0n) is 28.2. The Morgan fingerprint density at radius 2 is 1.62 bits per heavy atom. The Bertz CT molecular complexity index is 1630. The molecule has 2 aromatic carbocycles. The molecule has 7 rings (SSSR count). The van der Waals surface area contributed by atoms with Gasteiger partial charge in [-0.1, -0.05) is 70.2 Å². The van der Waals surface area contributed by atoms with Gasteiger partial charge in [0.25, 0.3) is 0 Å². The maximum Gasteiger partial charge on any atom is 0.340 e. The van der Waals surface area contributed by atoms with Crippen LogP contribution in [-0.4, -0.2) is 74.6 Å². The van der Waals surface area contributed by atoms with E-state index in [1.807, 2.05) is 63.2 Å². The fourth-order valence-corrected chi connectivity index (χ4v) is 10.5. The quantitative estimate of drug-likeness (QED) is 0.302. The first-order chi connectivity index (χ1) is 22.8. The van der Waals surface area contributed by atoms with Crippen LogP contribution in [0.25, 0.3) is 11.1 Å². The van der Waals surface area contributed by atoms with E-state index in [0.29, 0.717) is 12.8 Å². The predicted molar refractivity (Wildman–Crippen MR) is 168 cm³/mol. The number of hydrogen-bond acceptors (Lipinski definition) is 11. The molecule has 256 valence electrons. The normalized spacial score (nSPS) is 38.1. The minimum absolute atomic E-state index is 0.287. The summed E-state index contributed by atoms with van der Waals surface area (Å²) in [6.45, 7) is 9.10. The number of rotatable bonds is 7. The first kappa shape index (κ1) is 32.7. The topological polar surface area (TPSA) is 133 Å². The Kier molecular flexibility index (Phi) is 7.58. The molecule has 3 heterocycles. The molecular weight excluding hydrogens is 620 g/mol.